The first-order chi connectivity index (χ1) is 9.43. The summed E-state index contributed by atoms with van der Waals surface area (Å²) in [4.78, 5) is 34.5. The van der Waals surface area contributed by atoms with Crippen LogP contribution in [0, 0.1) is 17.8 Å². The lowest BCUT2D eigenvalue weighted by atomic mass is 9.84. The maximum absolute atomic E-state index is 11.9. The summed E-state index contributed by atoms with van der Waals surface area (Å²) in [5.74, 6) is -1.24. The fourth-order valence-electron chi connectivity index (χ4n) is 3.53. The van der Waals surface area contributed by atoms with Gasteiger partial charge in [-0.2, -0.15) is 0 Å². The molecule has 5 atom stereocenters. The van der Waals surface area contributed by atoms with E-state index in [1.165, 1.54) is 7.05 Å². The van der Waals surface area contributed by atoms with Crippen LogP contribution in [-0.4, -0.2) is 42.1 Å². The fourth-order valence-corrected chi connectivity index (χ4v) is 3.53. The summed E-state index contributed by atoms with van der Waals surface area (Å²) in [6.07, 6.45) is 2.76. The number of carboxylic acid groups (broad SMARTS) is 1. The molecule has 0 aromatic carbocycles. The van der Waals surface area contributed by atoms with Crippen molar-refractivity contribution in [2.24, 2.45) is 17.8 Å². The van der Waals surface area contributed by atoms with Crippen molar-refractivity contribution in [3.8, 4) is 0 Å². The Balaban J connectivity index is 1.93. The van der Waals surface area contributed by atoms with Crippen molar-refractivity contribution in [3.05, 3.63) is 0 Å². The SMILES string of the molecule is CNC(=O)C(C)NC(=O)NC1C2CCC(C2)C1C(=O)O. The molecule has 0 heterocycles. The van der Waals surface area contributed by atoms with E-state index in [0.717, 1.165) is 19.3 Å². The van der Waals surface area contributed by atoms with E-state index in [1.54, 1.807) is 6.92 Å². The predicted octanol–water partition coefficient (Wildman–Crippen LogP) is -0.0806. The van der Waals surface area contributed by atoms with Crippen LogP contribution in [0.5, 0.6) is 0 Å². The lowest BCUT2D eigenvalue weighted by Gasteiger charge is -2.29. The summed E-state index contributed by atoms with van der Waals surface area (Å²) < 4.78 is 0. The van der Waals surface area contributed by atoms with Crippen LogP contribution in [0.15, 0.2) is 0 Å². The molecule has 2 rings (SSSR count). The average Bonchev–Trinajstić information content (AvgIpc) is 2.97. The van der Waals surface area contributed by atoms with Crippen LogP contribution >= 0.6 is 0 Å². The molecule has 0 spiro atoms. The van der Waals surface area contributed by atoms with E-state index in [0.29, 0.717) is 0 Å². The molecule has 2 fully saturated rings. The number of amides is 3. The van der Waals surface area contributed by atoms with Crippen molar-refractivity contribution >= 4 is 17.9 Å². The van der Waals surface area contributed by atoms with E-state index in [2.05, 4.69) is 16.0 Å². The molecule has 7 heteroatoms. The highest BCUT2D eigenvalue weighted by molar-refractivity contribution is 5.86. The van der Waals surface area contributed by atoms with E-state index in [-0.39, 0.29) is 23.8 Å². The quantitative estimate of drug-likeness (QED) is 0.578. The maximum atomic E-state index is 11.9. The molecule has 4 N–H and O–H groups in total. The van der Waals surface area contributed by atoms with Crippen LogP contribution in [0.3, 0.4) is 0 Å². The molecule has 112 valence electrons. The zero-order valence-electron chi connectivity index (χ0n) is 11.7. The maximum Gasteiger partial charge on any atom is 0.315 e. The van der Waals surface area contributed by atoms with E-state index in [1.807, 2.05) is 0 Å². The van der Waals surface area contributed by atoms with Crippen LogP contribution < -0.4 is 16.0 Å². The number of fused-ring (bicyclic) bond motifs is 2. The van der Waals surface area contributed by atoms with Crippen molar-refractivity contribution in [3.63, 3.8) is 0 Å². The Labute approximate surface area is 117 Å². The summed E-state index contributed by atoms with van der Waals surface area (Å²) >= 11 is 0. The van der Waals surface area contributed by atoms with Crippen molar-refractivity contribution in [1.82, 2.24) is 16.0 Å². The Bertz CT molecular complexity index is 426. The standard InChI is InChI=1S/C13H21N3O4/c1-6(11(17)14-2)15-13(20)16-10-8-4-3-7(5-8)9(10)12(18)19/h6-10H,3-5H2,1-2H3,(H,14,17)(H,18,19)(H2,15,16,20). The first kappa shape index (κ1) is 14.6. The van der Waals surface area contributed by atoms with Gasteiger partial charge in [0.25, 0.3) is 0 Å². The Morgan fingerprint density at radius 1 is 1.20 bits per heavy atom. The fraction of sp³-hybridized carbons (Fsp3) is 0.769. The Kier molecular flexibility index (Phi) is 4.15. The summed E-state index contributed by atoms with van der Waals surface area (Å²) in [6, 6.07) is -1.46. The van der Waals surface area contributed by atoms with Crippen LogP contribution in [0.25, 0.3) is 0 Å². The normalized spacial score (nSPS) is 32.5. The van der Waals surface area contributed by atoms with E-state index in [4.69, 9.17) is 0 Å². The zero-order valence-corrected chi connectivity index (χ0v) is 11.7. The highest BCUT2D eigenvalue weighted by Crippen LogP contribution is 2.48. The lowest BCUT2D eigenvalue weighted by molar-refractivity contribution is -0.144. The van der Waals surface area contributed by atoms with Crippen molar-refractivity contribution in [2.45, 2.75) is 38.3 Å². The summed E-state index contributed by atoms with van der Waals surface area (Å²) in [5.41, 5.74) is 0. The number of rotatable bonds is 4. The van der Waals surface area contributed by atoms with Gasteiger partial charge < -0.3 is 21.1 Å². The smallest absolute Gasteiger partial charge is 0.315 e. The predicted molar refractivity (Wildman–Crippen MR) is 70.9 cm³/mol. The molecule has 5 unspecified atom stereocenters. The number of carbonyl (C=O) groups excluding carboxylic acids is 2. The first-order valence-corrected chi connectivity index (χ1v) is 6.95. The summed E-state index contributed by atoms with van der Waals surface area (Å²) in [6.45, 7) is 1.58. The highest BCUT2D eigenvalue weighted by atomic mass is 16.4. The third kappa shape index (κ3) is 2.71. The molecular weight excluding hydrogens is 262 g/mol. The average molecular weight is 283 g/mol. The Morgan fingerprint density at radius 2 is 1.85 bits per heavy atom. The second-order valence-corrected chi connectivity index (χ2v) is 5.68. The molecule has 0 saturated heterocycles. The minimum atomic E-state index is -0.846. The largest absolute Gasteiger partial charge is 0.481 e. The Hall–Kier alpha value is -1.79. The molecule has 20 heavy (non-hydrogen) atoms. The highest BCUT2D eigenvalue weighted by Gasteiger charge is 2.51. The van der Waals surface area contributed by atoms with Crippen molar-refractivity contribution < 1.29 is 19.5 Å². The van der Waals surface area contributed by atoms with Gasteiger partial charge >= 0.3 is 12.0 Å². The number of carboxylic acids is 1. The van der Waals surface area contributed by atoms with E-state index >= 15 is 0 Å². The molecule has 2 bridgehead atoms. The van der Waals surface area contributed by atoms with Crippen LogP contribution in [0.2, 0.25) is 0 Å². The van der Waals surface area contributed by atoms with Crippen LogP contribution in [0.4, 0.5) is 4.79 Å². The Morgan fingerprint density at radius 3 is 2.45 bits per heavy atom. The molecule has 0 radical (unpaired) electrons. The zero-order chi connectivity index (χ0) is 14.9. The molecule has 0 aliphatic heterocycles. The van der Waals surface area contributed by atoms with E-state index < -0.39 is 24.0 Å². The molecule has 3 amide bonds. The molecule has 0 aromatic rings. The van der Waals surface area contributed by atoms with Gasteiger partial charge in [-0.3, -0.25) is 9.59 Å². The van der Waals surface area contributed by atoms with Gasteiger partial charge in [0, 0.05) is 13.1 Å². The molecule has 7 nitrogen and oxygen atoms in total. The number of hydrogen-bond donors (Lipinski definition) is 4. The molecule has 2 aliphatic carbocycles. The summed E-state index contributed by atoms with van der Waals surface area (Å²) in [5, 5.41) is 17.0. The lowest BCUT2D eigenvalue weighted by Crippen LogP contribution is -2.54. The van der Waals surface area contributed by atoms with Gasteiger partial charge in [0.1, 0.15) is 6.04 Å². The van der Waals surface area contributed by atoms with Crippen molar-refractivity contribution in [1.29, 1.82) is 0 Å². The molecule has 0 aromatic heterocycles. The number of urea groups is 1. The van der Waals surface area contributed by atoms with Gasteiger partial charge in [0.15, 0.2) is 0 Å². The topological polar surface area (TPSA) is 108 Å². The van der Waals surface area contributed by atoms with Gasteiger partial charge in [0.05, 0.1) is 5.92 Å². The monoisotopic (exact) mass is 283 g/mol. The van der Waals surface area contributed by atoms with Crippen LogP contribution in [-0.2, 0) is 9.59 Å². The summed E-state index contributed by atoms with van der Waals surface area (Å²) in [7, 11) is 1.49. The van der Waals surface area contributed by atoms with Gasteiger partial charge in [0.2, 0.25) is 5.91 Å². The first-order valence-electron chi connectivity index (χ1n) is 6.95. The molecule has 2 aliphatic rings. The number of nitrogens with one attached hydrogen (secondary N) is 3. The van der Waals surface area contributed by atoms with Crippen molar-refractivity contribution in [2.75, 3.05) is 7.05 Å². The van der Waals surface area contributed by atoms with Gasteiger partial charge in [-0.05, 0) is 38.0 Å². The van der Waals surface area contributed by atoms with Gasteiger partial charge in [-0.25, -0.2) is 4.79 Å². The molecule has 2 saturated carbocycles. The second kappa shape index (κ2) is 5.68. The van der Waals surface area contributed by atoms with Gasteiger partial charge in [-0.1, -0.05) is 0 Å². The van der Waals surface area contributed by atoms with Crippen LogP contribution in [0.1, 0.15) is 26.2 Å². The number of aliphatic carboxylic acids is 1. The number of hydrogen-bond acceptors (Lipinski definition) is 3. The number of likely N-dealkylation sites (N-methyl/N-ethyl adjacent to an activating group) is 1. The third-order valence-corrected chi connectivity index (χ3v) is 4.49. The number of carbonyl (C=O) groups is 3. The molecular formula is C13H21N3O4. The third-order valence-electron chi connectivity index (χ3n) is 4.49. The minimum Gasteiger partial charge on any atom is -0.481 e. The van der Waals surface area contributed by atoms with E-state index in [9.17, 15) is 19.5 Å². The van der Waals surface area contributed by atoms with Gasteiger partial charge in [-0.15, -0.1) is 0 Å². The second-order valence-electron chi connectivity index (χ2n) is 5.68. The minimum absolute atomic E-state index is 0.166.